The summed E-state index contributed by atoms with van der Waals surface area (Å²) >= 11 is 0.855. The first-order chi connectivity index (χ1) is 14.3. The van der Waals surface area contributed by atoms with Crippen molar-refractivity contribution >= 4 is 46.1 Å². The van der Waals surface area contributed by atoms with Crippen LogP contribution in [-0.2, 0) is 28.6 Å². The molecule has 11 heteroatoms. The number of carbonyl (C=O) groups is 5. The lowest BCUT2D eigenvalue weighted by Gasteiger charge is -2.19. The van der Waals surface area contributed by atoms with E-state index in [0.717, 1.165) is 30.6 Å². The Balaban J connectivity index is 2.00. The van der Waals surface area contributed by atoms with Gasteiger partial charge in [-0.1, -0.05) is 6.42 Å². The molecule has 0 radical (unpaired) electrons. The Morgan fingerprint density at radius 2 is 1.77 bits per heavy atom. The lowest BCUT2D eigenvalue weighted by Crippen LogP contribution is -2.36. The minimum Gasteiger partial charge on any atom is -0.465 e. The summed E-state index contributed by atoms with van der Waals surface area (Å²) in [6.07, 6.45) is 2.93. The minimum absolute atomic E-state index is 0.0257. The number of esters is 3. The van der Waals surface area contributed by atoms with E-state index in [1.807, 2.05) is 0 Å². The largest absolute Gasteiger partial charge is 0.465 e. The van der Waals surface area contributed by atoms with E-state index in [1.54, 1.807) is 0 Å². The highest BCUT2D eigenvalue weighted by atomic mass is 32.1. The van der Waals surface area contributed by atoms with Gasteiger partial charge in [0.05, 0.1) is 19.8 Å². The highest BCUT2D eigenvalue weighted by Gasteiger charge is 2.27. The van der Waals surface area contributed by atoms with Crippen molar-refractivity contribution in [1.29, 1.82) is 0 Å². The molecule has 1 aromatic rings. The summed E-state index contributed by atoms with van der Waals surface area (Å²) in [6.45, 7) is 1.19. The first-order valence-corrected chi connectivity index (χ1v) is 10.1. The number of rotatable bonds is 7. The Labute approximate surface area is 177 Å². The van der Waals surface area contributed by atoms with Gasteiger partial charge >= 0.3 is 17.9 Å². The number of likely N-dealkylation sites (tertiary alicyclic amines) is 1. The third-order valence-electron chi connectivity index (χ3n) is 4.52. The van der Waals surface area contributed by atoms with Gasteiger partial charge in [-0.25, -0.2) is 9.59 Å². The van der Waals surface area contributed by atoms with Gasteiger partial charge in [0.2, 0.25) is 5.91 Å². The van der Waals surface area contributed by atoms with Crippen LogP contribution < -0.4 is 5.32 Å². The number of nitrogens with one attached hydrogen (secondary N) is 1. The monoisotopic (exact) mass is 440 g/mol. The van der Waals surface area contributed by atoms with E-state index in [2.05, 4.69) is 10.1 Å². The maximum Gasteiger partial charge on any atom is 0.348 e. The van der Waals surface area contributed by atoms with Gasteiger partial charge in [0, 0.05) is 13.0 Å². The molecule has 2 rings (SSSR count). The smallest absolute Gasteiger partial charge is 0.348 e. The average molecular weight is 440 g/mol. The number of thiophene rings is 1. The van der Waals surface area contributed by atoms with Crippen molar-refractivity contribution in [3.63, 3.8) is 0 Å². The zero-order valence-electron chi connectivity index (χ0n) is 17.1. The van der Waals surface area contributed by atoms with E-state index < -0.39 is 30.4 Å². The quantitative estimate of drug-likeness (QED) is 0.499. The zero-order chi connectivity index (χ0) is 22.3. The number of methoxy groups -OCH3 is 2. The highest BCUT2D eigenvalue weighted by molar-refractivity contribution is 7.18. The fourth-order valence-electron chi connectivity index (χ4n) is 2.95. The van der Waals surface area contributed by atoms with Crippen molar-refractivity contribution in [1.82, 2.24) is 4.90 Å². The molecule has 0 unspecified atom stereocenters. The molecule has 1 fully saturated rings. The van der Waals surface area contributed by atoms with Crippen LogP contribution in [0.4, 0.5) is 5.00 Å². The van der Waals surface area contributed by atoms with Crippen LogP contribution in [-0.4, -0.2) is 68.5 Å². The summed E-state index contributed by atoms with van der Waals surface area (Å²) in [5, 5.41) is 2.54. The van der Waals surface area contributed by atoms with Gasteiger partial charge in [0.15, 0.2) is 6.61 Å². The summed E-state index contributed by atoms with van der Waals surface area (Å²) in [5.41, 5.74) is 0.336. The van der Waals surface area contributed by atoms with E-state index in [1.165, 1.54) is 26.0 Å². The molecule has 0 atom stereocenters. The number of nitrogens with zero attached hydrogens (tertiary/aromatic N) is 1. The Bertz CT molecular complexity index is 848. The first-order valence-electron chi connectivity index (χ1n) is 9.31. The predicted molar refractivity (Wildman–Crippen MR) is 106 cm³/mol. The fraction of sp³-hybridized carbons (Fsp3) is 0.526. The van der Waals surface area contributed by atoms with E-state index in [4.69, 9.17) is 9.47 Å². The van der Waals surface area contributed by atoms with Gasteiger partial charge in [-0.2, -0.15) is 0 Å². The topological polar surface area (TPSA) is 128 Å². The molecular weight excluding hydrogens is 416 g/mol. The summed E-state index contributed by atoms with van der Waals surface area (Å²) in [7, 11) is 2.38. The molecule has 164 valence electrons. The van der Waals surface area contributed by atoms with Gasteiger partial charge in [-0.05, 0) is 25.3 Å². The molecule has 1 saturated heterocycles. The Kier molecular flexibility index (Phi) is 8.34. The van der Waals surface area contributed by atoms with Crippen LogP contribution in [0.25, 0.3) is 0 Å². The molecule has 0 spiro atoms. The SMILES string of the molecule is COC(=O)c1sc(NC(=O)COC(=O)CN2CCCCCC2=O)c(C(=O)OC)c1C. The minimum atomic E-state index is -0.731. The molecule has 2 heterocycles. The first kappa shape index (κ1) is 23.3. The molecule has 0 aromatic carbocycles. The number of hydrogen-bond donors (Lipinski definition) is 1. The third kappa shape index (κ3) is 5.78. The van der Waals surface area contributed by atoms with E-state index >= 15 is 0 Å². The van der Waals surface area contributed by atoms with E-state index in [0.29, 0.717) is 18.5 Å². The molecular formula is C19H24N2O8S. The molecule has 2 amide bonds. The summed E-state index contributed by atoms with van der Waals surface area (Å²) in [5.74, 6) is -2.90. The number of amides is 2. The van der Waals surface area contributed by atoms with E-state index in [-0.39, 0.29) is 27.9 Å². The number of carbonyl (C=O) groups excluding carboxylic acids is 5. The zero-order valence-corrected chi connectivity index (χ0v) is 17.9. The van der Waals surface area contributed by atoms with Crippen molar-refractivity contribution in [2.24, 2.45) is 0 Å². The predicted octanol–water partition coefficient (Wildman–Crippen LogP) is 1.51. The van der Waals surface area contributed by atoms with Gasteiger partial charge in [0.25, 0.3) is 5.91 Å². The summed E-state index contributed by atoms with van der Waals surface area (Å²) < 4.78 is 14.3. The molecule has 30 heavy (non-hydrogen) atoms. The Hall–Kier alpha value is -2.95. The van der Waals surface area contributed by atoms with Crippen molar-refractivity contribution < 1.29 is 38.2 Å². The second-order valence-electron chi connectivity index (χ2n) is 6.58. The van der Waals surface area contributed by atoms with Crippen LogP contribution in [0.2, 0.25) is 0 Å². The van der Waals surface area contributed by atoms with Crippen molar-refractivity contribution in [3.8, 4) is 0 Å². The van der Waals surface area contributed by atoms with Gasteiger partial charge in [-0.15, -0.1) is 11.3 Å². The number of hydrogen-bond acceptors (Lipinski definition) is 9. The van der Waals surface area contributed by atoms with E-state index in [9.17, 15) is 24.0 Å². The Morgan fingerprint density at radius 3 is 2.43 bits per heavy atom. The van der Waals surface area contributed by atoms with Gasteiger partial charge < -0.3 is 24.4 Å². The van der Waals surface area contributed by atoms with Gasteiger partial charge in [0.1, 0.15) is 16.4 Å². The van der Waals surface area contributed by atoms with Crippen LogP contribution in [0.3, 0.4) is 0 Å². The van der Waals surface area contributed by atoms with Gasteiger partial charge in [-0.3, -0.25) is 14.4 Å². The summed E-state index contributed by atoms with van der Waals surface area (Å²) in [4.78, 5) is 61.7. The molecule has 0 aliphatic carbocycles. The van der Waals surface area contributed by atoms with Crippen molar-refractivity contribution in [2.45, 2.75) is 32.6 Å². The van der Waals surface area contributed by atoms with Crippen molar-refractivity contribution in [2.75, 3.05) is 39.2 Å². The van der Waals surface area contributed by atoms with Crippen LogP contribution in [0, 0.1) is 6.92 Å². The van der Waals surface area contributed by atoms with Crippen LogP contribution in [0.5, 0.6) is 0 Å². The van der Waals surface area contributed by atoms with Crippen molar-refractivity contribution in [3.05, 3.63) is 16.0 Å². The molecule has 0 saturated carbocycles. The maximum atomic E-state index is 12.2. The average Bonchev–Trinajstić information content (AvgIpc) is 2.90. The highest BCUT2D eigenvalue weighted by Crippen LogP contribution is 2.34. The normalized spacial score (nSPS) is 14.0. The molecule has 1 N–H and O–H groups in total. The standard InChI is InChI=1S/C19H24N2O8S/c1-11-15(18(25)27-2)17(30-16(11)19(26)28-3)20-12(22)10-29-14(24)9-21-8-6-4-5-7-13(21)23/h4-10H2,1-3H3,(H,20,22). The second kappa shape index (κ2) is 10.7. The number of ether oxygens (including phenoxy) is 3. The van der Waals surface area contributed by atoms with Crippen LogP contribution in [0.1, 0.15) is 51.3 Å². The Morgan fingerprint density at radius 1 is 1.07 bits per heavy atom. The maximum absolute atomic E-state index is 12.2. The number of anilines is 1. The molecule has 0 bridgehead atoms. The molecule has 1 aliphatic rings. The molecule has 10 nitrogen and oxygen atoms in total. The lowest BCUT2D eigenvalue weighted by molar-refractivity contribution is -0.151. The third-order valence-corrected chi connectivity index (χ3v) is 5.70. The second-order valence-corrected chi connectivity index (χ2v) is 7.60. The fourth-order valence-corrected chi connectivity index (χ4v) is 4.08. The molecule has 1 aromatic heterocycles. The summed E-state index contributed by atoms with van der Waals surface area (Å²) in [6, 6.07) is 0. The lowest BCUT2D eigenvalue weighted by atomic mass is 10.1. The van der Waals surface area contributed by atoms with Crippen LogP contribution >= 0.6 is 11.3 Å². The van der Waals surface area contributed by atoms with Crippen LogP contribution in [0.15, 0.2) is 0 Å². The molecule has 1 aliphatic heterocycles.